The molecule has 1 aliphatic rings. The van der Waals surface area contributed by atoms with Crippen molar-refractivity contribution >= 4 is 5.96 Å². The molecule has 0 amide bonds. The van der Waals surface area contributed by atoms with E-state index in [1.807, 2.05) is 19.2 Å². The van der Waals surface area contributed by atoms with Crippen molar-refractivity contribution in [3.05, 3.63) is 23.8 Å². The Morgan fingerprint density at radius 2 is 1.79 bits per heavy atom. The van der Waals surface area contributed by atoms with Crippen molar-refractivity contribution in [3.8, 4) is 11.5 Å². The molecule has 0 saturated carbocycles. The lowest BCUT2D eigenvalue weighted by Crippen LogP contribution is -2.53. The fourth-order valence-electron chi connectivity index (χ4n) is 3.31. The largest absolute Gasteiger partial charge is 0.497 e. The number of methoxy groups -OCH3 is 2. The third-order valence-corrected chi connectivity index (χ3v) is 4.83. The van der Waals surface area contributed by atoms with Gasteiger partial charge in [0.2, 0.25) is 0 Å². The molecule has 1 aromatic rings. The van der Waals surface area contributed by atoms with Crippen LogP contribution in [-0.2, 0) is 6.54 Å². The van der Waals surface area contributed by atoms with Gasteiger partial charge in [-0.05, 0) is 39.0 Å². The molecule has 1 aromatic carbocycles. The normalized spacial score (nSPS) is 16.2. The van der Waals surface area contributed by atoms with E-state index >= 15 is 0 Å². The van der Waals surface area contributed by atoms with Gasteiger partial charge in [-0.15, -0.1) is 0 Å². The zero-order valence-corrected chi connectivity index (χ0v) is 18.3. The van der Waals surface area contributed by atoms with Gasteiger partial charge in [0.1, 0.15) is 11.5 Å². The average molecular weight is 392 g/mol. The Morgan fingerprint density at radius 3 is 2.36 bits per heavy atom. The van der Waals surface area contributed by atoms with E-state index in [1.165, 1.54) is 0 Å². The van der Waals surface area contributed by atoms with Crippen molar-refractivity contribution < 1.29 is 9.47 Å². The molecular weight excluding hydrogens is 354 g/mol. The van der Waals surface area contributed by atoms with Crippen LogP contribution in [0.4, 0.5) is 0 Å². The van der Waals surface area contributed by atoms with E-state index in [9.17, 15) is 0 Å². The molecule has 1 heterocycles. The van der Waals surface area contributed by atoms with Crippen molar-refractivity contribution in [2.24, 2.45) is 4.99 Å². The summed E-state index contributed by atoms with van der Waals surface area (Å²) in [6.45, 7) is 13.1. The Hall–Kier alpha value is -1.99. The first-order valence-electron chi connectivity index (χ1n) is 10.00. The molecule has 0 bridgehead atoms. The number of guanidine groups is 1. The third-order valence-electron chi connectivity index (χ3n) is 4.83. The minimum atomic E-state index is 0.137. The quantitative estimate of drug-likeness (QED) is 0.420. The Bertz CT molecular complexity index is 634. The molecule has 0 spiro atoms. The molecule has 0 unspecified atom stereocenters. The maximum atomic E-state index is 5.51. The van der Waals surface area contributed by atoms with Crippen molar-refractivity contribution in [1.82, 2.24) is 20.4 Å². The van der Waals surface area contributed by atoms with Crippen LogP contribution in [0.2, 0.25) is 0 Å². The first kappa shape index (κ1) is 22.3. The van der Waals surface area contributed by atoms with Gasteiger partial charge in [-0.2, -0.15) is 0 Å². The molecule has 0 atom stereocenters. The molecule has 0 aliphatic carbocycles. The van der Waals surface area contributed by atoms with Crippen LogP contribution in [0.15, 0.2) is 23.2 Å². The lowest BCUT2D eigenvalue weighted by atomic mass is 10.1. The van der Waals surface area contributed by atoms with Gasteiger partial charge >= 0.3 is 0 Å². The predicted molar refractivity (Wildman–Crippen MR) is 116 cm³/mol. The standard InChI is InChI=1S/C21H37N5O2/c1-21(2,3)24-10-9-23-20(22-4)26-13-11-25(12-14-26)16-17-15-18(27-5)7-8-19(17)28-6/h7-8,15,24H,9-14,16H2,1-6H3,(H,22,23). The fourth-order valence-corrected chi connectivity index (χ4v) is 3.31. The number of benzene rings is 1. The van der Waals surface area contributed by atoms with Crippen molar-refractivity contribution in [3.63, 3.8) is 0 Å². The molecule has 7 nitrogen and oxygen atoms in total. The fraction of sp³-hybridized carbons (Fsp3) is 0.667. The maximum absolute atomic E-state index is 5.51. The van der Waals surface area contributed by atoms with Crippen LogP contribution in [0.5, 0.6) is 11.5 Å². The second-order valence-electron chi connectivity index (χ2n) is 8.09. The molecule has 1 saturated heterocycles. The van der Waals surface area contributed by atoms with Crippen LogP contribution >= 0.6 is 0 Å². The molecule has 7 heteroatoms. The number of nitrogens with one attached hydrogen (secondary N) is 2. The average Bonchev–Trinajstić information content (AvgIpc) is 2.68. The summed E-state index contributed by atoms with van der Waals surface area (Å²) in [6, 6.07) is 5.97. The first-order valence-corrected chi connectivity index (χ1v) is 10.00. The smallest absolute Gasteiger partial charge is 0.193 e. The number of nitrogens with zero attached hydrogens (tertiary/aromatic N) is 3. The molecule has 28 heavy (non-hydrogen) atoms. The second-order valence-corrected chi connectivity index (χ2v) is 8.09. The summed E-state index contributed by atoms with van der Waals surface area (Å²) in [5.74, 6) is 2.75. The summed E-state index contributed by atoms with van der Waals surface area (Å²) in [5.41, 5.74) is 1.30. The van der Waals surface area contributed by atoms with Gasteiger partial charge in [-0.1, -0.05) is 0 Å². The summed E-state index contributed by atoms with van der Waals surface area (Å²) in [4.78, 5) is 9.23. The maximum Gasteiger partial charge on any atom is 0.193 e. The molecule has 0 radical (unpaired) electrons. The Morgan fingerprint density at radius 1 is 1.07 bits per heavy atom. The number of piperazine rings is 1. The Balaban J connectivity index is 1.83. The summed E-state index contributed by atoms with van der Waals surface area (Å²) >= 11 is 0. The van der Waals surface area contributed by atoms with Crippen LogP contribution < -0.4 is 20.1 Å². The summed E-state index contributed by atoms with van der Waals surface area (Å²) in [5, 5.41) is 6.96. The number of ether oxygens (including phenoxy) is 2. The number of rotatable bonds is 7. The predicted octanol–water partition coefficient (Wildman–Crippen LogP) is 1.78. The van der Waals surface area contributed by atoms with E-state index in [-0.39, 0.29) is 5.54 Å². The van der Waals surface area contributed by atoms with Crippen molar-refractivity contribution in [1.29, 1.82) is 0 Å². The number of aliphatic imine (C=N–C) groups is 1. The minimum absolute atomic E-state index is 0.137. The number of hydrogen-bond donors (Lipinski definition) is 2. The number of hydrogen-bond acceptors (Lipinski definition) is 5. The van der Waals surface area contributed by atoms with E-state index in [0.717, 1.165) is 68.8 Å². The van der Waals surface area contributed by atoms with Crippen LogP contribution in [0, 0.1) is 0 Å². The molecule has 2 N–H and O–H groups in total. The van der Waals surface area contributed by atoms with Gasteiger partial charge in [0.25, 0.3) is 0 Å². The van der Waals surface area contributed by atoms with E-state index < -0.39 is 0 Å². The highest BCUT2D eigenvalue weighted by atomic mass is 16.5. The van der Waals surface area contributed by atoms with Gasteiger partial charge in [0, 0.05) is 64.0 Å². The lowest BCUT2D eigenvalue weighted by molar-refractivity contribution is 0.171. The molecule has 158 valence electrons. The van der Waals surface area contributed by atoms with Gasteiger partial charge < -0.3 is 25.0 Å². The van der Waals surface area contributed by atoms with Crippen LogP contribution in [0.1, 0.15) is 26.3 Å². The van der Waals surface area contributed by atoms with Gasteiger partial charge in [0.15, 0.2) is 5.96 Å². The highest BCUT2D eigenvalue weighted by Gasteiger charge is 2.21. The summed E-state index contributed by atoms with van der Waals surface area (Å²) < 4.78 is 10.9. The van der Waals surface area contributed by atoms with Gasteiger partial charge in [-0.3, -0.25) is 9.89 Å². The zero-order valence-electron chi connectivity index (χ0n) is 18.3. The van der Waals surface area contributed by atoms with Crippen LogP contribution in [-0.4, -0.2) is 81.8 Å². The summed E-state index contributed by atoms with van der Waals surface area (Å²) in [7, 11) is 5.26. The van der Waals surface area contributed by atoms with E-state index in [2.05, 4.69) is 52.3 Å². The lowest BCUT2D eigenvalue weighted by Gasteiger charge is -2.36. The highest BCUT2D eigenvalue weighted by Crippen LogP contribution is 2.25. The Labute approximate surface area is 170 Å². The van der Waals surface area contributed by atoms with E-state index in [1.54, 1.807) is 14.2 Å². The Kier molecular flexibility index (Phi) is 8.38. The zero-order chi connectivity index (χ0) is 20.6. The van der Waals surface area contributed by atoms with Gasteiger partial charge in [0.05, 0.1) is 14.2 Å². The van der Waals surface area contributed by atoms with Crippen LogP contribution in [0.3, 0.4) is 0 Å². The summed E-state index contributed by atoms with van der Waals surface area (Å²) in [6.07, 6.45) is 0. The second kappa shape index (κ2) is 10.5. The van der Waals surface area contributed by atoms with E-state index in [0.29, 0.717) is 0 Å². The monoisotopic (exact) mass is 391 g/mol. The van der Waals surface area contributed by atoms with E-state index in [4.69, 9.17) is 9.47 Å². The molecule has 1 aliphatic heterocycles. The third kappa shape index (κ3) is 6.87. The molecular formula is C21H37N5O2. The van der Waals surface area contributed by atoms with Gasteiger partial charge in [-0.25, -0.2) is 0 Å². The SMILES string of the molecule is CN=C(NCCNC(C)(C)C)N1CCN(Cc2cc(OC)ccc2OC)CC1. The highest BCUT2D eigenvalue weighted by molar-refractivity contribution is 5.80. The molecule has 1 fully saturated rings. The topological polar surface area (TPSA) is 61.4 Å². The molecule has 0 aromatic heterocycles. The first-order chi connectivity index (χ1) is 13.4. The molecule has 2 rings (SSSR count). The van der Waals surface area contributed by atoms with Crippen molar-refractivity contribution in [2.75, 3.05) is 60.5 Å². The van der Waals surface area contributed by atoms with Crippen LogP contribution in [0.25, 0.3) is 0 Å². The minimum Gasteiger partial charge on any atom is -0.497 e. The van der Waals surface area contributed by atoms with Crippen molar-refractivity contribution in [2.45, 2.75) is 32.9 Å².